The molecule has 0 saturated heterocycles. The molecule has 3 nitrogen and oxygen atoms in total. The predicted molar refractivity (Wildman–Crippen MR) is 57.3 cm³/mol. The molecule has 0 aliphatic heterocycles. The van der Waals surface area contributed by atoms with Crippen molar-refractivity contribution in [2.75, 3.05) is 7.11 Å². The molecular formula is C12H18O3. The molecule has 15 heavy (non-hydrogen) atoms. The van der Waals surface area contributed by atoms with Crippen LogP contribution in [0.1, 0.15) is 33.6 Å². The van der Waals surface area contributed by atoms with Crippen LogP contribution < -0.4 is 0 Å². The molecular weight excluding hydrogens is 192 g/mol. The van der Waals surface area contributed by atoms with E-state index in [0.29, 0.717) is 6.42 Å². The summed E-state index contributed by atoms with van der Waals surface area (Å²) in [6.45, 7) is 9.71. The minimum atomic E-state index is -0.750. The number of methoxy groups -OCH3 is 1. The van der Waals surface area contributed by atoms with Crippen LogP contribution in [0, 0.1) is 10.8 Å². The van der Waals surface area contributed by atoms with Gasteiger partial charge in [-0.1, -0.05) is 32.9 Å². The fourth-order valence-electron chi connectivity index (χ4n) is 2.13. The number of allylic oxidation sites excluding steroid dienone is 1. The monoisotopic (exact) mass is 210 g/mol. The molecule has 1 fully saturated rings. The quantitative estimate of drug-likeness (QED) is 0.398. The number of Topliss-reactive ketones (excluding diaryl/α,β-unsaturated/α-hetero) is 1. The molecule has 1 atom stereocenters. The average molecular weight is 210 g/mol. The van der Waals surface area contributed by atoms with Crippen LogP contribution in [-0.2, 0) is 14.3 Å². The molecule has 1 rings (SSSR count). The van der Waals surface area contributed by atoms with Crippen LogP contribution in [-0.4, -0.2) is 18.9 Å². The van der Waals surface area contributed by atoms with Gasteiger partial charge in [0.15, 0.2) is 0 Å². The predicted octanol–water partition coefficient (Wildman–Crippen LogP) is 2.11. The molecule has 1 aliphatic rings. The number of ketones is 1. The topological polar surface area (TPSA) is 43.4 Å². The van der Waals surface area contributed by atoms with Crippen molar-refractivity contribution in [3.63, 3.8) is 0 Å². The summed E-state index contributed by atoms with van der Waals surface area (Å²) in [5.74, 6) is -1.19. The first kappa shape index (κ1) is 12.0. The van der Waals surface area contributed by atoms with Gasteiger partial charge in [-0.3, -0.25) is 4.79 Å². The molecule has 1 saturated carbocycles. The van der Waals surface area contributed by atoms with Gasteiger partial charge in [0, 0.05) is 5.41 Å². The highest BCUT2D eigenvalue weighted by Gasteiger charge is 2.54. The molecule has 0 N–H and O–H groups in total. The minimum absolute atomic E-state index is 0.335. The third kappa shape index (κ3) is 1.50. The van der Waals surface area contributed by atoms with E-state index in [1.54, 1.807) is 0 Å². The minimum Gasteiger partial charge on any atom is -0.463 e. The van der Waals surface area contributed by atoms with Crippen LogP contribution in [0.2, 0.25) is 0 Å². The Morgan fingerprint density at radius 1 is 1.33 bits per heavy atom. The lowest BCUT2D eigenvalue weighted by molar-refractivity contribution is -0.158. The van der Waals surface area contributed by atoms with Gasteiger partial charge in [-0.05, 0) is 18.3 Å². The molecule has 3 heteroatoms. The second kappa shape index (κ2) is 3.47. The third-order valence-electron chi connectivity index (χ3n) is 4.06. The Balaban J connectivity index is 3.08. The number of hydrogen-bond donors (Lipinski definition) is 0. The summed E-state index contributed by atoms with van der Waals surface area (Å²) in [4.78, 5) is 23.2. The van der Waals surface area contributed by atoms with Gasteiger partial charge in [0.2, 0.25) is 5.78 Å². The number of carbonyl (C=O) groups is 2. The van der Waals surface area contributed by atoms with E-state index >= 15 is 0 Å². The smallest absolute Gasteiger partial charge is 0.374 e. The second-order valence-electron chi connectivity index (χ2n) is 4.88. The van der Waals surface area contributed by atoms with Crippen LogP contribution in [0.5, 0.6) is 0 Å². The summed E-state index contributed by atoms with van der Waals surface area (Å²) in [6, 6.07) is 0. The van der Waals surface area contributed by atoms with Gasteiger partial charge in [0.25, 0.3) is 0 Å². The van der Waals surface area contributed by atoms with Crippen molar-refractivity contribution in [2.24, 2.45) is 10.8 Å². The van der Waals surface area contributed by atoms with Crippen molar-refractivity contribution in [3.8, 4) is 0 Å². The largest absolute Gasteiger partial charge is 0.463 e. The molecule has 0 amide bonds. The molecule has 0 aromatic heterocycles. The summed E-state index contributed by atoms with van der Waals surface area (Å²) in [6.07, 6.45) is 1.47. The maximum Gasteiger partial charge on any atom is 0.374 e. The van der Waals surface area contributed by atoms with Gasteiger partial charge in [-0.15, -0.1) is 0 Å². The summed E-state index contributed by atoms with van der Waals surface area (Å²) in [5, 5.41) is 0. The Bertz CT molecular complexity index is 328. The number of carbonyl (C=O) groups excluding carboxylic acids is 2. The summed E-state index contributed by atoms with van der Waals surface area (Å²) in [5.41, 5.74) is 0.0254. The lowest BCUT2D eigenvalue weighted by atomic mass is 9.65. The Morgan fingerprint density at radius 3 is 2.20 bits per heavy atom. The zero-order valence-electron chi connectivity index (χ0n) is 9.85. The molecule has 0 aromatic rings. The van der Waals surface area contributed by atoms with Gasteiger partial charge in [0.05, 0.1) is 7.11 Å². The van der Waals surface area contributed by atoms with E-state index in [-0.39, 0.29) is 5.41 Å². The summed E-state index contributed by atoms with van der Waals surface area (Å²) in [7, 11) is 1.24. The molecule has 0 aromatic carbocycles. The van der Waals surface area contributed by atoms with E-state index in [9.17, 15) is 9.59 Å². The van der Waals surface area contributed by atoms with E-state index in [1.165, 1.54) is 7.11 Å². The molecule has 0 spiro atoms. The van der Waals surface area contributed by atoms with Gasteiger partial charge in [-0.25, -0.2) is 4.79 Å². The van der Waals surface area contributed by atoms with Crippen molar-refractivity contribution < 1.29 is 14.3 Å². The highest BCUT2D eigenvalue weighted by atomic mass is 16.5. The van der Waals surface area contributed by atoms with Crippen LogP contribution in [0.4, 0.5) is 0 Å². The lowest BCUT2D eigenvalue weighted by Crippen LogP contribution is -2.42. The van der Waals surface area contributed by atoms with Crippen molar-refractivity contribution in [1.29, 1.82) is 0 Å². The zero-order chi connectivity index (χ0) is 11.9. The first-order chi connectivity index (χ1) is 6.77. The van der Waals surface area contributed by atoms with E-state index in [0.717, 1.165) is 12.0 Å². The highest BCUT2D eigenvalue weighted by molar-refractivity contribution is 6.36. The summed E-state index contributed by atoms with van der Waals surface area (Å²) >= 11 is 0. The van der Waals surface area contributed by atoms with E-state index < -0.39 is 17.2 Å². The Labute approximate surface area is 90.5 Å². The average Bonchev–Trinajstić information content (AvgIpc) is 2.41. The third-order valence-corrected chi connectivity index (χ3v) is 4.06. The summed E-state index contributed by atoms with van der Waals surface area (Å²) < 4.78 is 4.50. The van der Waals surface area contributed by atoms with E-state index in [1.807, 2.05) is 20.8 Å². The van der Waals surface area contributed by atoms with Crippen LogP contribution in [0.15, 0.2) is 12.2 Å². The number of esters is 1. The Morgan fingerprint density at radius 2 is 1.87 bits per heavy atom. The van der Waals surface area contributed by atoms with Crippen molar-refractivity contribution in [3.05, 3.63) is 12.2 Å². The first-order valence-corrected chi connectivity index (χ1v) is 5.08. The lowest BCUT2D eigenvalue weighted by Gasteiger charge is -2.36. The van der Waals surface area contributed by atoms with Crippen LogP contribution in [0.3, 0.4) is 0 Å². The standard InChI is InChI=1S/C12H18O3/c1-8-6-7-12(4,11(8,2)3)9(13)10(14)15-5/h1,6-7H2,2-5H3. The SMILES string of the molecule is C=C1CCC(C)(C(=O)C(=O)OC)C1(C)C. The second-order valence-corrected chi connectivity index (χ2v) is 4.88. The fraction of sp³-hybridized carbons (Fsp3) is 0.667. The molecule has 0 radical (unpaired) electrons. The maximum absolute atomic E-state index is 11.9. The molecule has 1 unspecified atom stereocenters. The zero-order valence-corrected chi connectivity index (χ0v) is 9.85. The number of rotatable bonds is 2. The van der Waals surface area contributed by atoms with Gasteiger partial charge >= 0.3 is 5.97 Å². The van der Waals surface area contributed by atoms with Crippen LogP contribution in [0.25, 0.3) is 0 Å². The molecule has 1 aliphatic carbocycles. The Hall–Kier alpha value is -1.12. The van der Waals surface area contributed by atoms with Crippen molar-refractivity contribution in [1.82, 2.24) is 0 Å². The molecule has 0 bridgehead atoms. The van der Waals surface area contributed by atoms with Gasteiger partial charge in [-0.2, -0.15) is 0 Å². The fourth-order valence-corrected chi connectivity index (χ4v) is 2.13. The normalized spacial score (nSPS) is 28.9. The van der Waals surface area contributed by atoms with E-state index in [2.05, 4.69) is 11.3 Å². The number of hydrogen-bond acceptors (Lipinski definition) is 3. The highest BCUT2D eigenvalue weighted by Crippen LogP contribution is 2.55. The van der Waals surface area contributed by atoms with Crippen molar-refractivity contribution >= 4 is 11.8 Å². The molecule has 84 valence electrons. The molecule has 0 heterocycles. The van der Waals surface area contributed by atoms with E-state index in [4.69, 9.17) is 0 Å². The van der Waals surface area contributed by atoms with Gasteiger partial charge < -0.3 is 4.74 Å². The Kier molecular flexibility index (Phi) is 2.77. The van der Waals surface area contributed by atoms with Gasteiger partial charge in [0.1, 0.15) is 0 Å². The first-order valence-electron chi connectivity index (χ1n) is 5.08. The maximum atomic E-state index is 11.9. The number of ether oxygens (including phenoxy) is 1. The van der Waals surface area contributed by atoms with Crippen LogP contribution >= 0.6 is 0 Å². The van der Waals surface area contributed by atoms with Crippen molar-refractivity contribution in [2.45, 2.75) is 33.6 Å².